The standard InChI is InChI=1S/C15H16N4O2S/c1-16-15(22)18-9-8-17-7-3-6-13(17)14(18)11-4-2-5-12(10-11)19(20)21/h2-7,10,14H,8-9H2,1H3,(H,16,22)/t14-/m1/s1. The molecule has 1 aliphatic heterocycles. The summed E-state index contributed by atoms with van der Waals surface area (Å²) in [6, 6.07) is 10.7. The van der Waals surface area contributed by atoms with Gasteiger partial charge in [0.05, 0.1) is 11.0 Å². The van der Waals surface area contributed by atoms with Crippen LogP contribution < -0.4 is 5.32 Å². The monoisotopic (exact) mass is 316 g/mol. The second-order valence-electron chi connectivity index (χ2n) is 5.13. The lowest BCUT2D eigenvalue weighted by molar-refractivity contribution is -0.384. The van der Waals surface area contributed by atoms with Gasteiger partial charge in [-0.15, -0.1) is 0 Å². The average molecular weight is 316 g/mol. The molecule has 1 aromatic carbocycles. The molecule has 0 saturated heterocycles. The Morgan fingerprint density at radius 3 is 2.91 bits per heavy atom. The topological polar surface area (TPSA) is 63.3 Å². The molecule has 0 radical (unpaired) electrons. The number of nitrogens with one attached hydrogen (secondary N) is 1. The van der Waals surface area contributed by atoms with E-state index < -0.39 is 0 Å². The number of nitro groups is 1. The number of aromatic nitrogens is 1. The van der Waals surface area contributed by atoms with Crippen molar-refractivity contribution in [3.63, 3.8) is 0 Å². The number of thiocarbonyl (C=S) groups is 1. The van der Waals surface area contributed by atoms with Crippen molar-refractivity contribution in [2.24, 2.45) is 0 Å². The molecule has 0 amide bonds. The second kappa shape index (κ2) is 5.76. The molecular weight excluding hydrogens is 300 g/mol. The Labute approximate surface area is 133 Å². The van der Waals surface area contributed by atoms with Gasteiger partial charge in [0, 0.05) is 44.2 Å². The van der Waals surface area contributed by atoms with Crippen molar-refractivity contribution in [3.05, 3.63) is 64.0 Å². The smallest absolute Gasteiger partial charge is 0.269 e. The molecule has 2 aromatic rings. The molecule has 2 heterocycles. The van der Waals surface area contributed by atoms with Crippen LogP contribution in [0.25, 0.3) is 0 Å². The Hall–Kier alpha value is -2.41. The van der Waals surface area contributed by atoms with Gasteiger partial charge in [0.25, 0.3) is 5.69 Å². The fourth-order valence-electron chi connectivity index (χ4n) is 2.90. The Bertz CT molecular complexity index is 728. The number of hydrogen-bond acceptors (Lipinski definition) is 3. The van der Waals surface area contributed by atoms with Gasteiger partial charge in [0.15, 0.2) is 5.11 Å². The minimum absolute atomic E-state index is 0.0940. The molecule has 1 aliphatic rings. The van der Waals surface area contributed by atoms with E-state index in [1.165, 1.54) is 6.07 Å². The summed E-state index contributed by atoms with van der Waals surface area (Å²) in [6.45, 7) is 1.60. The predicted molar refractivity (Wildman–Crippen MR) is 87.7 cm³/mol. The molecule has 0 saturated carbocycles. The number of hydrogen-bond donors (Lipinski definition) is 1. The van der Waals surface area contributed by atoms with Crippen molar-refractivity contribution in [1.82, 2.24) is 14.8 Å². The number of nitro benzene ring substituents is 1. The Morgan fingerprint density at radius 2 is 2.18 bits per heavy atom. The van der Waals surface area contributed by atoms with E-state index in [4.69, 9.17) is 12.2 Å². The van der Waals surface area contributed by atoms with Crippen molar-refractivity contribution in [1.29, 1.82) is 0 Å². The first kappa shape index (κ1) is 14.5. The minimum atomic E-state index is -0.369. The van der Waals surface area contributed by atoms with Gasteiger partial charge in [-0.25, -0.2) is 0 Å². The van der Waals surface area contributed by atoms with E-state index in [1.807, 2.05) is 24.4 Å². The number of non-ortho nitro benzene ring substituents is 1. The number of fused-ring (bicyclic) bond motifs is 1. The second-order valence-corrected chi connectivity index (χ2v) is 5.52. The number of nitrogens with zero attached hydrogens (tertiary/aromatic N) is 3. The van der Waals surface area contributed by atoms with Crippen LogP contribution in [-0.2, 0) is 6.54 Å². The van der Waals surface area contributed by atoms with Crippen LogP contribution in [0.15, 0.2) is 42.6 Å². The van der Waals surface area contributed by atoms with Gasteiger partial charge in [-0.2, -0.15) is 0 Å². The van der Waals surface area contributed by atoms with Crippen LogP contribution in [0.3, 0.4) is 0 Å². The molecule has 0 spiro atoms. The first-order valence-corrected chi connectivity index (χ1v) is 7.40. The highest BCUT2D eigenvalue weighted by molar-refractivity contribution is 7.80. The third-order valence-corrected chi connectivity index (χ3v) is 4.35. The lowest BCUT2D eigenvalue weighted by atomic mass is 10.00. The maximum absolute atomic E-state index is 11.1. The molecule has 0 fully saturated rings. The largest absolute Gasteiger partial charge is 0.366 e. The summed E-state index contributed by atoms with van der Waals surface area (Å²) in [4.78, 5) is 12.8. The van der Waals surface area contributed by atoms with Gasteiger partial charge in [0.1, 0.15) is 0 Å². The Morgan fingerprint density at radius 1 is 1.36 bits per heavy atom. The predicted octanol–water partition coefficient (Wildman–Crippen LogP) is 2.31. The van der Waals surface area contributed by atoms with E-state index in [2.05, 4.69) is 14.8 Å². The van der Waals surface area contributed by atoms with Crippen LogP contribution in [0, 0.1) is 10.1 Å². The molecule has 22 heavy (non-hydrogen) atoms. The van der Waals surface area contributed by atoms with Gasteiger partial charge in [-0.1, -0.05) is 12.1 Å². The van der Waals surface area contributed by atoms with E-state index >= 15 is 0 Å². The molecule has 6 nitrogen and oxygen atoms in total. The van der Waals surface area contributed by atoms with Crippen LogP contribution in [0.5, 0.6) is 0 Å². The first-order valence-electron chi connectivity index (χ1n) is 6.99. The van der Waals surface area contributed by atoms with E-state index in [9.17, 15) is 10.1 Å². The van der Waals surface area contributed by atoms with Gasteiger partial charge >= 0.3 is 0 Å². The third kappa shape index (κ3) is 2.43. The number of benzene rings is 1. The molecule has 0 aliphatic carbocycles. The summed E-state index contributed by atoms with van der Waals surface area (Å²) in [7, 11) is 1.79. The zero-order chi connectivity index (χ0) is 15.7. The molecule has 114 valence electrons. The van der Waals surface area contributed by atoms with Crippen molar-refractivity contribution >= 4 is 23.0 Å². The lowest BCUT2D eigenvalue weighted by Crippen LogP contribution is -2.46. The SMILES string of the molecule is CNC(=S)N1CCn2cccc2[C@H]1c1cccc([N+](=O)[O-])c1. The van der Waals surface area contributed by atoms with Crippen LogP contribution >= 0.6 is 12.2 Å². The van der Waals surface area contributed by atoms with Crippen molar-refractivity contribution in [2.45, 2.75) is 12.6 Å². The molecule has 0 bridgehead atoms. The van der Waals surface area contributed by atoms with E-state index in [0.717, 1.165) is 24.3 Å². The lowest BCUT2D eigenvalue weighted by Gasteiger charge is -2.38. The molecule has 3 rings (SSSR count). The molecule has 0 unspecified atom stereocenters. The average Bonchev–Trinajstić information content (AvgIpc) is 3.01. The van der Waals surface area contributed by atoms with E-state index in [0.29, 0.717) is 5.11 Å². The number of rotatable bonds is 2. The summed E-state index contributed by atoms with van der Waals surface area (Å²) in [5.74, 6) is 0. The minimum Gasteiger partial charge on any atom is -0.366 e. The summed E-state index contributed by atoms with van der Waals surface area (Å²) in [5.41, 5.74) is 2.05. The third-order valence-electron chi connectivity index (χ3n) is 3.91. The normalized spacial score (nSPS) is 17.0. The van der Waals surface area contributed by atoms with Gasteiger partial charge in [-0.05, 0) is 29.9 Å². The summed E-state index contributed by atoms with van der Waals surface area (Å²) < 4.78 is 2.16. The van der Waals surface area contributed by atoms with Crippen LogP contribution in [0.4, 0.5) is 5.69 Å². The zero-order valence-electron chi connectivity index (χ0n) is 12.1. The van der Waals surface area contributed by atoms with Crippen LogP contribution in [-0.4, -0.2) is 33.1 Å². The van der Waals surface area contributed by atoms with Gasteiger partial charge < -0.3 is 14.8 Å². The molecule has 1 N–H and O–H groups in total. The molecular formula is C15H16N4O2S. The van der Waals surface area contributed by atoms with Crippen LogP contribution in [0.1, 0.15) is 17.3 Å². The molecule has 1 aromatic heterocycles. The van der Waals surface area contributed by atoms with Crippen molar-refractivity contribution in [3.8, 4) is 0 Å². The van der Waals surface area contributed by atoms with E-state index in [-0.39, 0.29) is 16.7 Å². The quantitative estimate of drug-likeness (QED) is 0.523. The summed E-state index contributed by atoms with van der Waals surface area (Å²) >= 11 is 5.41. The Balaban J connectivity index is 2.09. The van der Waals surface area contributed by atoms with Gasteiger partial charge in [-0.3, -0.25) is 10.1 Å². The zero-order valence-corrected chi connectivity index (χ0v) is 12.9. The van der Waals surface area contributed by atoms with E-state index in [1.54, 1.807) is 19.2 Å². The van der Waals surface area contributed by atoms with Crippen molar-refractivity contribution < 1.29 is 4.92 Å². The van der Waals surface area contributed by atoms with Crippen molar-refractivity contribution in [2.75, 3.05) is 13.6 Å². The maximum atomic E-state index is 11.1. The highest BCUT2D eigenvalue weighted by Crippen LogP contribution is 2.33. The fraction of sp³-hybridized carbons (Fsp3) is 0.267. The fourth-order valence-corrected chi connectivity index (χ4v) is 3.10. The Kier molecular flexibility index (Phi) is 3.81. The highest BCUT2D eigenvalue weighted by atomic mass is 32.1. The van der Waals surface area contributed by atoms with Gasteiger partial charge in [0.2, 0.25) is 0 Å². The molecule has 7 heteroatoms. The first-order chi connectivity index (χ1) is 10.6. The maximum Gasteiger partial charge on any atom is 0.269 e. The summed E-state index contributed by atoms with van der Waals surface area (Å²) in [6.07, 6.45) is 2.03. The van der Waals surface area contributed by atoms with Crippen LogP contribution in [0.2, 0.25) is 0 Å². The highest BCUT2D eigenvalue weighted by Gasteiger charge is 2.30. The molecule has 1 atom stereocenters. The summed E-state index contributed by atoms with van der Waals surface area (Å²) in [5, 5.41) is 14.7.